The highest BCUT2D eigenvalue weighted by atomic mass is 79.9. The van der Waals surface area contributed by atoms with Crippen LogP contribution in [0.25, 0.3) is 0 Å². The molecule has 0 aliphatic rings. The summed E-state index contributed by atoms with van der Waals surface area (Å²) in [6, 6.07) is 5.10. The molecule has 0 spiro atoms. The lowest BCUT2D eigenvalue weighted by Crippen LogP contribution is -1.87. The summed E-state index contributed by atoms with van der Waals surface area (Å²) in [6.07, 6.45) is 0. The fourth-order valence-corrected chi connectivity index (χ4v) is 2.87. The minimum Gasteiger partial charge on any atom is -0.392 e. The Bertz CT molecular complexity index is 610. The van der Waals surface area contributed by atoms with Gasteiger partial charge in [0.25, 0.3) is 0 Å². The predicted molar refractivity (Wildman–Crippen MR) is 91.4 cm³/mol. The first kappa shape index (κ1) is 19.9. The number of halogens is 7. The van der Waals surface area contributed by atoms with Gasteiger partial charge in [-0.15, -0.1) is 0 Å². The number of alkyl halides is 1. The van der Waals surface area contributed by atoms with E-state index in [4.69, 9.17) is 51.5 Å². The Morgan fingerprint density at radius 2 is 1.18 bits per heavy atom. The van der Waals surface area contributed by atoms with Crippen LogP contribution >= 0.6 is 62.3 Å². The minimum absolute atomic E-state index is 0.0350. The van der Waals surface area contributed by atoms with E-state index in [1.54, 1.807) is 0 Å². The van der Waals surface area contributed by atoms with Crippen molar-refractivity contribution in [3.8, 4) is 0 Å². The van der Waals surface area contributed by atoms with E-state index in [2.05, 4.69) is 15.9 Å². The Hall–Kier alpha value is -0.100. The summed E-state index contributed by atoms with van der Waals surface area (Å²) < 4.78 is 25.4. The number of hydrogen-bond donors (Lipinski definition) is 1. The fraction of sp³-hybridized carbons (Fsp3) is 0.143. The van der Waals surface area contributed by atoms with Gasteiger partial charge in [0.15, 0.2) is 0 Å². The molecule has 22 heavy (non-hydrogen) atoms. The SMILES string of the molecule is Fc1cc(CBr)c(Cl)cc1Cl.OCc1cc(F)c(Cl)cc1Cl. The topological polar surface area (TPSA) is 20.2 Å². The summed E-state index contributed by atoms with van der Waals surface area (Å²) in [6.45, 7) is -0.285. The third kappa shape index (κ3) is 5.52. The van der Waals surface area contributed by atoms with Crippen LogP contribution in [0.1, 0.15) is 11.1 Å². The molecule has 2 aromatic carbocycles. The van der Waals surface area contributed by atoms with E-state index in [0.29, 0.717) is 21.5 Å². The summed E-state index contributed by atoms with van der Waals surface area (Å²) in [4.78, 5) is 0. The highest BCUT2D eigenvalue weighted by molar-refractivity contribution is 9.08. The molecule has 0 fully saturated rings. The van der Waals surface area contributed by atoms with Crippen LogP contribution in [0.3, 0.4) is 0 Å². The zero-order chi connectivity index (χ0) is 16.9. The average molecular weight is 453 g/mol. The lowest BCUT2D eigenvalue weighted by molar-refractivity contribution is 0.281. The monoisotopic (exact) mass is 450 g/mol. The number of aliphatic hydroxyl groups excluding tert-OH is 1. The first-order chi connectivity index (χ1) is 10.3. The maximum atomic E-state index is 12.7. The van der Waals surface area contributed by atoms with Gasteiger partial charge >= 0.3 is 0 Å². The van der Waals surface area contributed by atoms with Gasteiger partial charge in [-0.1, -0.05) is 62.3 Å². The van der Waals surface area contributed by atoms with Crippen LogP contribution in [-0.2, 0) is 11.9 Å². The second-order valence-corrected chi connectivity index (χ2v) is 6.20. The van der Waals surface area contributed by atoms with Gasteiger partial charge in [0, 0.05) is 15.4 Å². The Balaban J connectivity index is 0.000000220. The molecule has 0 aromatic heterocycles. The van der Waals surface area contributed by atoms with Crippen molar-refractivity contribution in [3.05, 3.63) is 67.1 Å². The molecule has 0 amide bonds. The van der Waals surface area contributed by atoms with Gasteiger partial charge in [-0.25, -0.2) is 8.78 Å². The smallest absolute Gasteiger partial charge is 0.142 e. The molecule has 1 nitrogen and oxygen atoms in total. The molecule has 8 heteroatoms. The van der Waals surface area contributed by atoms with Gasteiger partial charge < -0.3 is 5.11 Å². The highest BCUT2D eigenvalue weighted by Crippen LogP contribution is 2.25. The maximum Gasteiger partial charge on any atom is 0.142 e. The van der Waals surface area contributed by atoms with Gasteiger partial charge in [-0.05, 0) is 35.4 Å². The van der Waals surface area contributed by atoms with Crippen LogP contribution in [0, 0.1) is 11.6 Å². The van der Waals surface area contributed by atoms with Crippen LogP contribution in [-0.4, -0.2) is 5.11 Å². The summed E-state index contributed by atoms with van der Waals surface area (Å²) in [7, 11) is 0. The second-order valence-electron chi connectivity index (χ2n) is 4.01. The molecule has 0 atom stereocenters. The van der Waals surface area contributed by atoms with E-state index in [9.17, 15) is 8.78 Å². The molecule has 0 saturated heterocycles. The van der Waals surface area contributed by atoms with Crippen LogP contribution in [0.5, 0.6) is 0 Å². The van der Waals surface area contributed by atoms with Gasteiger partial charge in [0.2, 0.25) is 0 Å². The Morgan fingerprint density at radius 1 is 0.773 bits per heavy atom. The summed E-state index contributed by atoms with van der Waals surface area (Å²) >= 11 is 25.4. The summed E-state index contributed by atoms with van der Waals surface area (Å²) in [5.74, 6) is -1.01. The Morgan fingerprint density at radius 3 is 1.59 bits per heavy atom. The normalized spacial score (nSPS) is 10.2. The largest absolute Gasteiger partial charge is 0.392 e. The van der Waals surface area contributed by atoms with Crippen molar-refractivity contribution >= 4 is 62.3 Å². The minimum atomic E-state index is -0.569. The van der Waals surface area contributed by atoms with Crippen LogP contribution in [0.15, 0.2) is 24.3 Å². The molecule has 120 valence electrons. The van der Waals surface area contributed by atoms with Gasteiger partial charge in [-0.3, -0.25) is 0 Å². The molecule has 0 unspecified atom stereocenters. The zero-order valence-corrected chi connectivity index (χ0v) is 15.4. The van der Waals surface area contributed by atoms with Crippen LogP contribution in [0.2, 0.25) is 20.1 Å². The zero-order valence-electron chi connectivity index (χ0n) is 10.8. The van der Waals surface area contributed by atoms with Crippen molar-refractivity contribution < 1.29 is 13.9 Å². The summed E-state index contributed by atoms with van der Waals surface area (Å²) in [5, 5.41) is 9.94. The number of hydrogen-bond acceptors (Lipinski definition) is 1. The molecule has 1 N–H and O–H groups in total. The quantitative estimate of drug-likeness (QED) is 0.399. The van der Waals surface area contributed by atoms with Crippen molar-refractivity contribution in [1.29, 1.82) is 0 Å². The molecule has 2 aromatic rings. The lowest BCUT2D eigenvalue weighted by atomic mass is 10.2. The Kier molecular flexibility index (Phi) is 8.39. The third-order valence-corrected chi connectivity index (χ3v) is 4.38. The predicted octanol–water partition coefficient (Wildman–Crippen LogP) is 6.65. The van der Waals surface area contributed by atoms with E-state index in [-0.39, 0.29) is 21.7 Å². The lowest BCUT2D eigenvalue weighted by Gasteiger charge is -2.00. The van der Waals surface area contributed by atoms with Crippen LogP contribution in [0.4, 0.5) is 8.78 Å². The molecule has 0 aliphatic heterocycles. The van der Waals surface area contributed by atoms with Crippen molar-refractivity contribution in [2.45, 2.75) is 11.9 Å². The van der Waals surface area contributed by atoms with Crippen molar-refractivity contribution in [3.63, 3.8) is 0 Å². The van der Waals surface area contributed by atoms with Crippen molar-refractivity contribution in [2.24, 2.45) is 0 Å². The fourth-order valence-electron chi connectivity index (χ4n) is 1.35. The average Bonchev–Trinajstić information content (AvgIpc) is 2.47. The molecule has 0 aliphatic carbocycles. The molecule has 0 radical (unpaired) electrons. The molecular formula is C14H9BrCl4F2O. The second kappa shape index (κ2) is 9.26. The standard InChI is InChI=1S/C7H4BrCl2F.C7H5Cl2FO/c8-3-4-1-7(11)6(10)2-5(4)9;8-5-2-6(9)7(10)1-4(5)3-11/h1-2H,3H2;1-2,11H,3H2. The van der Waals surface area contributed by atoms with Crippen LogP contribution < -0.4 is 0 Å². The number of aliphatic hydroxyl groups is 1. The Labute approximate surface area is 154 Å². The third-order valence-electron chi connectivity index (χ3n) is 2.49. The molecule has 2 rings (SSSR count). The van der Waals surface area contributed by atoms with E-state index in [1.807, 2.05) is 0 Å². The maximum absolute atomic E-state index is 12.7. The van der Waals surface area contributed by atoms with E-state index >= 15 is 0 Å². The van der Waals surface area contributed by atoms with Gasteiger partial charge in [0.1, 0.15) is 11.6 Å². The molecular weight excluding hydrogens is 444 g/mol. The first-order valence-electron chi connectivity index (χ1n) is 5.73. The van der Waals surface area contributed by atoms with E-state index < -0.39 is 11.6 Å². The van der Waals surface area contributed by atoms with Gasteiger partial charge in [-0.2, -0.15) is 0 Å². The molecule has 0 bridgehead atoms. The van der Waals surface area contributed by atoms with E-state index in [1.165, 1.54) is 18.2 Å². The summed E-state index contributed by atoms with van der Waals surface area (Å²) in [5.41, 5.74) is 1.04. The number of benzene rings is 2. The first-order valence-corrected chi connectivity index (χ1v) is 8.37. The van der Waals surface area contributed by atoms with Gasteiger partial charge in [0.05, 0.1) is 16.7 Å². The molecule has 0 saturated carbocycles. The van der Waals surface area contributed by atoms with Crippen molar-refractivity contribution in [2.75, 3.05) is 0 Å². The number of rotatable bonds is 2. The molecule has 0 heterocycles. The van der Waals surface area contributed by atoms with Crippen molar-refractivity contribution in [1.82, 2.24) is 0 Å². The van der Waals surface area contributed by atoms with E-state index in [0.717, 1.165) is 6.07 Å². The highest BCUT2D eigenvalue weighted by Gasteiger charge is 2.05.